The number of aromatic nitrogens is 3. The molecule has 0 aliphatic carbocycles. The van der Waals surface area contributed by atoms with Gasteiger partial charge in [0.15, 0.2) is 0 Å². The van der Waals surface area contributed by atoms with E-state index in [1.165, 1.54) is 0 Å². The third-order valence-corrected chi connectivity index (χ3v) is 4.06. The Hall–Kier alpha value is -2.90. The fraction of sp³-hybridized carbons (Fsp3) is 0.0556. The van der Waals surface area contributed by atoms with Gasteiger partial charge in [-0.25, -0.2) is 9.97 Å². The maximum atomic E-state index is 9.02. The molecule has 0 fully saturated rings. The molecule has 0 spiro atoms. The molecule has 4 rings (SSSR count). The highest BCUT2D eigenvalue weighted by molar-refractivity contribution is 6.36. The molecule has 2 aromatic heterocycles. The van der Waals surface area contributed by atoms with Gasteiger partial charge < -0.3 is 4.98 Å². The Morgan fingerprint density at radius 3 is 2.70 bits per heavy atom. The smallest absolute Gasteiger partial charge is 0.143 e. The first-order valence-corrected chi connectivity index (χ1v) is 7.54. The summed E-state index contributed by atoms with van der Waals surface area (Å²) in [7, 11) is 0. The maximum Gasteiger partial charge on any atom is 0.143 e. The number of hydrogen-bond acceptors (Lipinski definition) is 3. The fourth-order valence-electron chi connectivity index (χ4n) is 2.73. The van der Waals surface area contributed by atoms with Crippen LogP contribution in [0.1, 0.15) is 17.0 Å². The van der Waals surface area contributed by atoms with Crippen LogP contribution in [-0.2, 0) is 6.42 Å². The van der Waals surface area contributed by atoms with Crippen molar-refractivity contribution in [3.63, 3.8) is 0 Å². The molecular formula is C18H11ClN4. The molecule has 0 aliphatic heterocycles. The molecule has 23 heavy (non-hydrogen) atoms. The van der Waals surface area contributed by atoms with Gasteiger partial charge in [-0.1, -0.05) is 48.0 Å². The fourth-order valence-corrected chi connectivity index (χ4v) is 3.02. The third-order valence-electron chi connectivity index (χ3n) is 3.79. The number of hydrogen-bond donors (Lipinski definition) is 1. The molecule has 0 saturated carbocycles. The zero-order chi connectivity index (χ0) is 15.8. The molecule has 0 bridgehead atoms. The van der Waals surface area contributed by atoms with Crippen LogP contribution in [0.5, 0.6) is 0 Å². The molecule has 0 amide bonds. The number of fused-ring (bicyclic) bond motifs is 3. The van der Waals surface area contributed by atoms with Gasteiger partial charge in [0.05, 0.1) is 17.0 Å². The zero-order valence-electron chi connectivity index (χ0n) is 12.0. The van der Waals surface area contributed by atoms with E-state index < -0.39 is 0 Å². The second-order valence-corrected chi connectivity index (χ2v) is 5.67. The average Bonchev–Trinajstić information content (AvgIpc) is 2.93. The van der Waals surface area contributed by atoms with Crippen molar-refractivity contribution in [1.82, 2.24) is 15.0 Å². The van der Waals surface area contributed by atoms with Gasteiger partial charge >= 0.3 is 0 Å². The summed E-state index contributed by atoms with van der Waals surface area (Å²) in [5.74, 6) is 0.667. The van der Waals surface area contributed by atoms with Crippen molar-refractivity contribution < 1.29 is 0 Å². The van der Waals surface area contributed by atoms with Gasteiger partial charge in [0.2, 0.25) is 0 Å². The number of nitriles is 1. The lowest BCUT2D eigenvalue weighted by Crippen LogP contribution is -1.97. The average molecular weight is 319 g/mol. The van der Waals surface area contributed by atoms with E-state index in [2.05, 4.69) is 21.0 Å². The molecule has 5 heteroatoms. The minimum absolute atomic E-state index is 0.428. The Morgan fingerprint density at radius 2 is 1.91 bits per heavy atom. The molecular weight excluding hydrogens is 308 g/mol. The van der Waals surface area contributed by atoms with E-state index >= 15 is 0 Å². The molecule has 1 N–H and O–H groups in total. The number of nitrogens with one attached hydrogen (secondary N) is 1. The van der Waals surface area contributed by atoms with E-state index in [9.17, 15) is 0 Å². The second-order valence-electron chi connectivity index (χ2n) is 5.31. The predicted octanol–water partition coefficient (Wildman–Crippen LogP) is 4.23. The van der Waals surface area contributed by atoms with Crippen molar-refractivity contribution in [3.05, 3.63) is 70.6 Å². The van der Waals surface area contributed by atoms with Crippen LogP contribution >= 0.6 is 11.6 Å². The van der Waals surface area contributed by atoms with Gasteiger partial charge in [0.25, 0.3) is 0 Å². The summed E-state index contributed by atoms with van der Waals surface area (Å²) in [6.07, 6.45) is 0.620. The van der Waals surface area contributed by atoms with Gasteiger partial charge in [-0.05, 0) is 17.7 Å². The summed E-state index contributed by atoms with van der Waals surface area (Å²) >= 11 is 6.39. The monoisotopic (exact) mass is 318 g/mol. The Kier molecular flexibility index (Phi) is 3.22. The van der Waals surface area contributed by atoms with E-state index in [-0.39, 0.29) is 0 Å². The minimum Gasteiger partial charge on any atom is -0.339 e. The normalized spacial score (nSPS) is 11.0. The van der Waals surface area contributed by atoms with Crippen LogP contribution in [0.2, 0.25) is 5.15 Å². The van der Waals surface area contributed by atoms with E-state index in [0.29, 0.717) is 28.6 Å². The highest BCUT2D eigenvalue weighted by Gasteiger charge is 2.13. The molecule has 110 valence electrons. The molecule has 0 saturated heterocycles. The highest BCUT2D eigenvalue weighted by Crippen LogP contribution is 2.30. The predicted molar refractivity (Wildman–Crippen MR) is 90.4 cm³/mol. The lowest BCUT2D eigenvalue weighted by molar-refractivity contribution is 0.988. The van der Waals surface area contributed by atoms with Crippen LogP contribution < -0.4 is 0 Å². The van der Waals surface area contributed by atoms with Gasteiger partial charge in [-0.3, -0.25) is 0 Å². The van der Waals surface area contributed by atoms with Crippen LogP contribution in [0.15, 0.2) is 48.5 Å². The van der Waals surface area contributed by atoms with Crippen molar-refractivity contribution >= 4 is 33.5 Å². The van der Waals surface area contributed by atoms with Crippen molar-refractivity contribution in [3.8, 4) is 6.07 Å². The summed E-state index contributed by atoms with van der Waals surface area (Å²) in [6, 6.07) is 17.6. The first-order chi connectivity index (χ1) is 11.2. The third kappa shape index (κ3) is 2.41. The van der Waals surface area contributed by atoms with Gasteiger partial charge in [0.1, 0.15) is 16.6 Å². The lowest BCUT2D eigenvalue weighted by Gasteiger charge is -2.02. The Bertz CT molecular complexity index is 1060. The molecule has 2 heterocycles. The van der Waals surface area contributed by atoms with E-state index in [4.69, 9.17) is 16.9 Å². The quantitative estimate of drug-likeness (QED) is 0.562. The number of rotatable bonds is 2. The first-order valence-electron chi connectivity index (χ1n) is 7.16. The second kappa shape index (κ2) is 5.38. The topological polar surface area (TPSA) is 65.4 Å². The summed E-state index contributed by atoms with van der Waals surface area (Å²) in [4.78, 5) is 12.3. The maximum absolute atomic E-state index is 9.02. The van der Waals surface area contributed by atoms with Crippen LogP contribution in [0.4, 0.5) is 0 Å². The van der Waals surface area contributed by atoms with Crippen LogP contribution in [0, 0.1) is 11.3 Å². The minimum atomic E-state index is 0.428. The Morgan fingerprint density at radius 1 is 1.09 bits per heavy atom. The van der Waals surface area contributed by atoms with Crippen LogP contribution in [0.3, 0.4) is 0 Å². The SMILES string of the molecule is N#Cc1ccc2c(c1)[nH]c1nc(Cc3ccccc3)nc(Cl)c12. The van der Waals surface area contributed by atoms with Crippen molar-refractivity contribution in [2.24, 2.45) is 0 Å². The van der Waals surface area contributed by atoms with Gasteiger partial charge in [0, 0.05) is 17.3 Å². The highest BCUT2D eigenvalue weighted by atomic mass is 35.5. The number of halogens is 1. The van der Waals surface area contributed by atoms with Crippen molar-refractivity contribution in [2.75, 3.05) is 0 Å². The summed E-state index contributed by atoms with van der Waals surface area (Å²) in [5.41, 5.74) is 3.26. The number of benzene rings is 2. The molecule has 2 aromatic carbocycles. The largest absolute Gasteiger partial charge is 0.339 e. The van der Waals surface area contributed by atoms with Crippen molar-refractivity contribution in [1.29, 1.82) is 5.26 Å². The lowest BCUT2D eigenvalue weighted by atomic mass is 10.1. The van der Waals surface area contributed by atoms with Crippen LogP contribution in [-0.4, -0.2) is 15.0 Å². The number of H-pyrrole nitrogens is 1. The van der Waals surface area contributed by atoms with Crippen molar-refractivity contribution in [2.45, 2.75) is 6.42 Å². The summed E-state index contributed by atoms with van der Waals surface area (Å²) in [6.45, 7) is 0. The standard InChI is InChI=1S/C18H11ClN4/c19-17-16-13-7-6-12(10-20)8-14(13)21-18(16)23-15(22-17)9-11-4-2-1-3-5-11/h1-8H,9H2,(H,21,22,23). The molecule has 0 unspecified atom stereocenters. The molecule has 0 aliphatic rings. The van der Waals surface area contributed by atoms with Gasteiger partial charge in [-0.15, -0.1) is 0 Å². The molecule has 0 atom stereocenters. The number of aromatic amines is 1. The zero-order valence-corrected chi connectivity index (χ0v) is 12.8. The molecule has 4 aromatic rings. The van der Waals surface area contributed by atoms with Gasteiger partial charge in [-0.2, -0.15) is 5.26 Å². The van der Waals surface area contributed by atoms with E-state index in [0.717, 1.165) is 21.9 Å². The molecule has 4 nitrogen and oxygen atoms in total. The first kappa shape index (κ1) is 13.7. The summed E-state index contributed by atoms with van der Waals surface area (Å²) in [5, 5.41) is 11.2. The van der Waals surface area contributed by atoms with E-state index in [1.807, 2.05) is 36.4 Å². The van der Waals surface area contributed by atoms with Crippen LogP contribution in [0.25, 0.3) is 21.9 Å². The van der Waals surface area contributed by atoms with E-state index in [1.54, 1.807) is 12.1 Å². The number of nitrogens with zero attached hydrogens (tertiary/aromatic N) is 3. The Labute approximate surface area is 137 Å². The molecule has 0 radical (unpaired) electrons. The Balaban J connectivity index is 1.87. The summed E-state index contributed by atoms with van der Waals surface area (Å²) < 4.78 is 0.